The number of hydrogen-bond donors (Lipinski definition) is 1. The highest BCUT2D eigenvalue weighted by Gasteiger charge is 2.02. The molecule has 1 aromatic carbocycles. The molecule has 1 aromatic heterocycles. The zero-order chi connectivity index (χ0) is 9.42. The minimum absolute atomic E-state index is 0.0964. The van der Waals surface area contributed by atoms with Crippen LogP contribution in [0.15, 0.2) is 24.3 Å². The van der Waals surface area contributed by atoms with Gasteiger partial charge in [-0.25, -0.2) is 9.37 Å². The summed E-state index contributed by atoms with van der Waals surface area (Å²) in [6.45, 7) is 0. The van der Waals surface area contributed by atoms with Gasteiger partial charge in [-0.15, -0.1) is 0 Å². The molecule has 0 saturated heterocycles. The van der Waals surface area contributed by atoms with Crippen molar-refractivity contribution in [3.8, 4) is 0 Å². The van der Waals surface area contributed by atoms with E-state index in [-0.39, 0.29) is 5.02 Å². The average Bonchev–Trinajstić information content (AvgIpc) is 2.08. The number of halogens is 2. The van der Waals surface area contributed by atoms with Crippen LogP contribution in [0, 0.1) is 5.82 Å². The third-order valence-electron chi connectivity index (χ3n) is 1.75. The Kier molecular flexibility index (Phi) is 1.81. The standard InChI is InChI=1S/C9H6ClFN2/c10-6-3-5-1-2-9(12)13-8(5)4-7(6)11/h1-4H,(H2,12,13). The van der Waals surface area contributed by atoms with Crippen LogP contribution in [0.25, 0.3) is 10.9 Å². The van der Waals surface area contributed by atoms with E-state index in [2.05, 4.69) is 4.98 Å². The number of benzene rings is 1. The Bertz CT molecular complexity index is 470. The predicted octanol–water partition coefficient (Wildman–Crippen LogP) is 2.61. The van der Waals surface area contributed by atoms with Gasteiger partial charge in [-0.1, -0.05) is 11.6 Å². The molecular formula is C9H6ClFN2. The van der Waals surface area contributed by atoms with Gasteiger partial charge < -0.3 is 5.73 Å². The third kappa shape index (κ3) is 1.42. The molecular weight excluding hydrogens is 191 g/mol. The van der Waals surface area contributed by atoms with E-state index in [1.54, 1.807) is 12.1 Å². The van der Waals surface area contributed by atoms with Crippen molar-refractivity contribution in [2.45, 2.75) is 0 Å². The van der Waals surface area contributed by atoms with Gasteiger partial charge in [-0.3, -0.25) is 0 Å². The Morgan fingerprint density at radius 2 is 2.08 bits per heavy atom. The van der Waals surface area contributed by atoms with Gasteiger partial charge in [0.15, 0.2) is 0 Å². The first-order chi connectivity index (χ1) is 6.16. The fraction of sp³-hybridized carbons (Fsp3) is 0. The number of nitrogens with two attached hydrogens (primary N) is 1. The van der Waals surface area contributed by atoms with Crippen molar-refractivity contribution < 1.29 is 4.39 Å². The van der Waals surface area contributed by atoms with Crippen LogP contribution in [0.4, 0.5) is 10.2 Å². The molecule has 0 unspecified atom stereocenters. The smallest absolute Gasteiger partial charge is 0.143 e. The number of hydrogen-bond acceptors (Lipinski definition) is 2. The van der Waals surface area contributed by atoms with E-state index in [4.69, 9.17) is 17.3 Å². The molecule has 2 N–H and O–H groups in total. The molecule has 2 nitrogen and oxygen atoms in total. The molecule has 0 spiro atoms. The quantitative estimate of drug-likeness (QED) is 0.704. The number of anilines is 1. The maximum atomic E-state index is 13.0. The predicted molar refractivity (Wildman–Crippen MR) is 51.1 cm³/mol. The van der Waals surface area contributed by atoms with Crippen LogP contribution >= 0.6 is 11.6 Å². The molecule has 13 heavy (non-hydrogen) atoms. The highest BCUT2D eigenvalue weighted by molar-refractivity contribution is 6.31. The fourth-order valence-electron chi connectivity index (χ4n) is 1.13. The Morgan fingerprint density at radius 1 is 1.31 bits per heavy atom. The fourth-order valence-corrected chi connectivity index (χ4v) is 1.31. The largest absolute Gasteiger partial charge is 0.384 e. The average molecular weight is 197 g/mol. The van der Waals surface area contributed by atoms with Crippen molar-refractivity contribution in [2.75, 3.05) is 5.73 Å². The van der Waals surface area contributed by atoms with Gasteiger partial charge in [0, 0.05) is 11.5 Å². The maximum Gasteiger partial charge on any atom is 0.143 e. The van der Waals surface area contributed by atoms with Gasteiger partial charge in [0.1, 0.15) is 11.6 Å². The first-order valence-electron chi connectivity index (χ1n) is 3.68. The summed E-state index contributed by atoms with van der Waals surface area (Å²) in [6.07, 6.45) is 0. The Balaban J connectivity index is 2.81. The molecule has 66 valence electrons. The molecule has 0 amide bonds. The molecule has 4 heteroatoms. The Hall–Kier alpha value is -1.35. The SMILES string of the molecule is Nc1ccc2cc(Cl)c(F)cc2n1. The zero-order valence-corrected chi connectivity index (χ0v) is 7.35. The number of nitrogens with zero attached hydrogens (tertiary/aromatic N) is 1. The van der Waals surface area contributed by atoms with Gasteiger partial charge >= 0.3 is 0 Å². The molecule has 0 radical (unpaired) electrons. The first-order valence-corrected chi connectivity index (χ1v) is 4.06. The monoisotopic (exact) mass is 196 g/mol. The van der Waals surface area contributed by atoms with Crippen LogP contribution in [0.5, 0.6) is 0 Å². The minimum Gasteiger partial charge on any atom is -0.384 e. The van der Waals surface area contributed by atoms with Crippen molar-refractivity contribution in [2.24, 2.45) is 0 Å². The summed E-state index contributed by atoms with van der Waals surface area (Å²) in [4.78, 5) is 3.96. The second-order valence-electron chi connectivity index (χ2n) is 2.70. The Morgan fingerprint density at radius 3 is 2.85 bits per heavy atom. The van der Waals surface area contributed by atoms with Crippen LogP contribution in [-0.4, -0.2) is 4.98 Å². The van der Waals surface area contributed by atoms with Crippen molar-refractivity contribution in [3.63, 3.8) is 0 Å². The molecule has 0 atom stereocenters. The summed E-state index contributed by atoms with van der Waals surface area (Å²) in [5.74, 6) is -0.110. The molecule has 0 saturated carbocycles. The molecule has 0 aliphatic heterocycles. The van der Waals surface area contributed by atoms with Crippen LogP contribution in [-0.2, 0) is 0 Å². The van der Waals surface area contributed by atoms with E-state index in [1.165, 1.54) is 12.1 Å². The van der Waals surface area contributed by atoms with Crippen LogP contribution in [0.1, 0.15) is 0 Å². The summed E-state index contributed by atoms with van der Waals surface area (Å²) in [6, 6.07) is 6.20. The van der Waals surface area contributed by atoms with Gasteiger partial charge in [0.2, 0.25) is 0 Å². The highest BCUT2D eigenvalue weighted by atomic mass is 35.5. The lowest BCUT2D eigenvalue weighted by atomic mass is 10.2. The van der Waals surface area contributed by atoms with E-state index < -0.39 is 5.82 Å². The van der Waals surface area contributed by atoms with Crippen molar-refractivity contribution in [1.29, 1.82) is 0 Å². The maximum absolute atomic E-state index is 13.0. The normalized spacial score (nSPS) is 10.6. The van der Waals surface area contributed by atoms with E-state index >= 15 is 0 Å². The molecule has 1 heterocycles. The summed E-state index contributed by atoms with van der Waals surface area (Å²) in [7, 11) is 0. The van der Waals surface area contributed by atoms with Crippen LogP contribution in [0.2, 0.25) is 5.02 Å². The van der Waals surface area contributed by atoms with Crippen molar-refractivity contribution in [1.82, 2.24) is 4.98 Å². The molecule has 2 rings (SSSR count). The van der Waals surface area contributed by atoms with Gasteiger partial charge in [0.25, 0.3) is 0 Å². The molecule has 0 fully saturated rings. The van der Waals surface area contributed by atoms with E-state index in [0.29, 0.717) is 11.3 Å². The molecule has 2 aromatic rings. The lowest BCUT2D eigenvalue weighted by Crippen LogP contribution is -1.90. The third-order valence-corrected chi connectivity index (χ3v) is 2.04. The van der Waals surface area contributed by atoms with E-state index in [1.807, 2.05) is 0 Å². The molecule has 0 aliphatic carbocycles. The van der Waals surface area contributed by atoms with Gasteiger partial charge in [0.05, 0.1) is 10.5 Å². The van der Waals surface area contributed by atoms with Crippen molar-refractivity contribution >= 4 is 28.3 Å². The van der Waals surface area contributed by atoms with E-state index in [0.717, 1.165) is 5.39 Å². The second kappa shape index (κ2) is 2.85. The number of rotatable bonds is 0. The topological polar surface area (TPSA) is 38.9 Å². The van der Waals surface area contributed by atoms with E-state index in [9.17, 15) is 4.39 Å². The lowest BCUT2D eigenvalue weighted by Gasteiger charge is -1.99. The van der Waals surface area contributed by atoms with Crippen molar-refractivity contribution in [3.05, 3.63) is 35.1 Å². The summed E-state index contributed by atoms with van der Waals surface area (Å²) < 4.78 is 13.0. The number of pyridine rings is 1. The summed E-state index contributed by atoms with van der Waals surface area (Å²) in [5.41, 5.74) is 5.96. The van der Waals surface area contributed by atoms with Crippen LogP contribution < -0.4 is 5.73 Å². The Labute approximate surface area is 79.1 Å². The molecule has 0 bridgehead atoms. The second-order valence-corrected chi connectivity index (χ2v) is 3.10. The number of fused-ring (bicyclic) bond motifs is 1. The summed E-state index contributed by atoms with van der Waals surface area (Å²) in [5, 5.41) is 0.875. The van der Waals surface area contributed by atoms with Gasteiger partial charge in [-0.05, 0) is 18.2 Å². The minimum atomic E-state index is -0.479. The zero-order valence-electron chi connectivity index (χ0n) is 6.59. The van der Waals surface area contributed by atoms with Crippen LogP contribution in [0.3, 0.4) is 0 Å². The first kappa shape index (κ1) is 8.26. The number of nitrogen functional groups attached to an aromatic ring is 1. The lowest BCUT2D eigenvalue weighted by molar-refractivity contribution is 0.630. The molecule has 0 aliphatic rings. The highest BCUT2D eigenvalue weighted by Crippen LogP contribution is 2.22. The summed E-state index contributed by atoms with van der Waals surface area (Å²) >= 11 is 5.59. The van der Waals surface area contributed by atoms with Gasteiger partial charge in [-0.2, -0.15) is 0 Å². The number of aromatic nitrogens is 1.